The van der Waals surface area contributed by atoms with Crippen LogP contribution in [0.1, 0.15) is 52.5 Å². The van der Waals surface area contributed by atoms with Crippen LogP contribution < -0.4 is 4.74 Å². The van der Waals surface area contributed by atoms with Gasteiger partial charge in [-0.15, -0.1) is 0 Å². The van der Waals surface area contributed by atoms with Gasteiger partial charge in [-0.25, -0.2) is 0 Å². The van der Waals surface area contributed by atoms with Gasteiger partial charge >= 0.3 is 12.4 Å². The largest absolute Gasteiger partial charge is 0.464 e. The van der Waals surface area contributed by atoms with Crippen LogP contribution in [0.5, 0.6) is 5.75 Å². The monoisotopic (exact) mass is 400 g/mol. The lowest BCUT2D eigenvalue weighted by atomic mass is 9.95. The third-order valence-electron chi connectivity index (χ3n) is 4.19. The smallest absolute Gasteiger partial charge is 0.402 e. The lowest BCUT2D eigenvalue weighted by Crippen LogP contribution is -2.43. The highest BCUT2D eigenvalue weighted by Crippen LogP contribution is 2.40. The minimum atomic E-state index is -5.45. The summed E-state index contributed by atoms with van der Waals surface area (Å²) >= 11 is 0. The number of alkyl halides is 6. The van der Waals surface area contributed by atoms with Crippen molar-refractivity contribution >= 4 is 0 Å². The summed E-state index contributed by atoms with van der Waals surface area (Å²) in [5.41, 5.74) is 0.125. The fourth-order valence-corrected chi connectivity index (χ4v) is 2.27. The average molecular weight is 400 g/mol. The fourth-order valence-electron chi connectivity index (χ4n) is 2.27. The second-order valence-corrected chi connectivity index (χ2v) is 7.67. The Balaban J connectivity index is 2.98. The van der Waals surface area contributed by atoms with Gasteiger partial charge in [0.2, 0.25) is 6.29 Å². The van der Waals surface area contributed by atoms with E-state index in [9.17, 15) is 26.3 Å². The summed E-state index contributed by atoms with van der Waals surface area (Å²) in [6.45, 7) is 7.31. The molecule has 0 aromatic heterocycles. The lowest BCUT2D eigenvalue weighted by molar-refractivity contribution is -0.305. The van der Waals surface area contributed by atoms with Gasteiger partial charge in [-0.3, -0.25) is 0 Å². The molecule has 0 spiro atoms. The zero-order valence-electron chi connectivity index (χ0n) is 16.0. The molecule has 0 aliphatic carbocycles. The van der Waals surface area contributed by atoms with E-state index in [4.69, 9.17) is 9.47 Å². The van der Waals surface area contributed by atoms with E-state index in [1.54, 1.807) is 39.0 Å². The summed E-state index contributed by atoms with van der Waals surface area (Å²) in [7, 11) is 0. The first kappa shape index (κ1) is 23.6. The Morgan fingerprint density at radius 3 is 1.96 bits per heavy atom. The van der Waals surface area contributed by atoms with Crippen LogP contribution in [0, 0.1) is 11.3 Å². The van der Waals surface area contributed by atoms with E-state index >= 15 is 0 Å². The van der Waals surface area contributed by atoms with E-state index < -0.39 is 36.6 Å². The molecule has 0 saturated carbocycles. The average Bonchev–Trinajstić information content (AvgIpc) is 2.50. The van der Waals surface area contributed by atoms with Gasteiger partial charge in [0.15, 0.2) is 5.92 Å². The minimum absolute atomic E-state index is 0.238. The molecule has 27 heavy (non-hydrogen) atoms. The van der Waals surface area contributed by atoms with Crippen molar-refractivity contribution in [2.24, 2.45) is 11.3 Å². The van der Waals surface area contributed by atoms with E-state index in [0.717, 1.165) is 12.0 Å². The molecule has 0 amide bonds. The number of ether oxygens (including phenoxy) is 2. The van der Waals surface area contributed by atoms with E-state index in [-0.39, 0.29) is 5.92 Å². The van der Waals surface area contributed by atoms with Crippen LogP contribution in [0.4, 0.5) is 26.3 Å². The Kier molecular flexibility index (Phi) is 7.61. The maximum Gasteiger partial charge on any atom is 0.402 e. The normalized spacial score (nSPS) is 15.7. The molecule has 0 heterocycles. The number of halogens is 6. The van der Waals surface area contributed by atoms with Crippen molar-refractivity contribution in [3.63, 3.8) is 0 Å². The third kappa shape index (κ3) is 7.24. The molecule has 1 rings (SSSR count). The lowest BCUT2D eigenvalue weighted by Gasteiger charge is -2.33. The number of rotatable bonds is 7. The Labute approximate surface area is 155 Å². The summed E-state index contributed by atoms with van der Waals surface area (Å²) in [4.78, 5) is 0. The van der Waals surface area contributed by atoms with E-state index in [0.29, 0.717) is 5.75 Å². The summed E-state index contributed by atoms with van der Waals surface area (Å²) < 4.78 is 87.0. The molecule has 0 aliphatic rings. The molecule has 0 fully saturated rings. The maximum absolute atomic E-state index is 12.7. The molecular weight excluding hydrogens is 374 g/mol. The highest BCUT2D eigenvalue weighted by Gasteiger charge is 2.57. The van der Waals surface area contributed by atoms with Crippen LogP contribution in [0.25, 0.3) is 0 Å². The maximum atomic E-state index is 12.7. The predicted octanol–water partition coefficient (Wildman–Crippen LogP) is 6.71. The van der Waals surface area contributed by atoms with Crippen LogP contribution >= 0.6 is 0 Å². The van der Waals surface area contributed by atoms with Crippen molar-refractivity contribution in [2.75, 3.05) is 6.61 Å². The van der Waals surface area contributed by atoms with Crippen LogP contribution in [0.15, 0.2) is 24.3 Å². The molecule has 1 aromatic rings. The fraction of sp³-hybridized carbons (Fsp3) is 0.684. The van der Waals surface area contributed by atoms with Gasteiger partial charge in [0, 0.05) is 5.41 Å². The summed E-state index contributed by atoms with van der Waals surface area (Å²) in [6, 6.07) is 6.93. The molecule has 156 valence electrons. The summed E-state index contributed by atoms with van der Waals surface area (Å²) in [6.07, 6.45) is -11.3. The SMILES string of the molecule is CCC(C)c1cccc(OC(OCC(C(F)(F)F)C(F)(F)F)C(C)(C)C)c1. The van der Waals surface area contributed by atoms with Crippen molar-refractivity contribution in [2.45, 2.75) is 65.6 Å². The molecule has 8 heteroatoms. The molecule has 0 N–H and O–H groups in total. The van der Waals surface area contributed by atoms with Crippen LogP contribution in [-0.2, 0) is 4.74 Å². The summed E-state index contributed by atoms with van der Waals surface area (Å²) in [5.74, 6) is -2.99. The highest BCUT2D eigenvalue weighted by atomic mass is 19.4. The molecule has 1 aromatic carbocycles. The number of hydrogen-bond donors (Lipinski definition) is 0. The molecule has 0 radical (unpaired) electrons. The van der Waals surface area contributed by atoms with Gasteiger partial charge in [0.05, 0.1) is 6.61 Å². The van der Waals surface area contributed by atoms with Gasteiger partial charge in [0.25, 0.3) is 0 Å². The number of hydrogen-bond acceptors (Lipinski definition) is 2. The third-order valence-corrected chi connectivity index (χ3v) is 4.19. The van der Waals surface area contributed by atoms with Crippen LogP contribution in [-0.4, -0.2) is 25.2 Å². The Morgan fingerprint density at radius 2 is 1.52 bits per heavy atom. The van der Waals surface area contributed by atoms with Gasteiger partial charge in [0.1, 0.15) is 5.75 Å². The number of benzene rings is 1. The van der Waals surface area contributed by atoms with Crippen molar-refractivity contribution in [1.82, 2.24) is 0 Å². The first-order valence-electron chi connectivity index (χ1n) is 8.68. The van der Waals surface area contributed by atoms with Gasteiger partial charge in [-0.05, 0) is 30.0 Å². The Bertz CT molecular complexity index is 575. The van der Waals surface area contributed by atoms with Crippen molar-refractivity contribution in [3.8, 4) is 5.75 Å². The van der Waals surface area contributed by atoms with E-state index in [1.807, 2.05) is 19.9 Å². The zero-order chi connectivity index (χ0) is 21.0. The topological polar surface area (TPSA) is 18.5 Å². The predicted molar refractivity (Wildman–Crippen MR) is 90.6 cm³/mol. The minimum Gasteiger partial charge on any atom is -0.464 e. The van der Waals surface area contributed by atoms with Gasteiger partial charge in [-0.2, -0.15) is 26.3 Å². The van der Waals surface area contributed by atoms with Crippen LogP contribution in [0.3, 0.4) is 0 Å². The standard InChI is InChI=1S/C19H26F6O2/c1-6-12(2)13-8-7-9-14(10-13)27-16(17(3,4)5)26-11-15(18(20,21)22)19(23,24)25/h7-10,12,15-16H,6,11H2,1-5H3. The molecule has 0 saturated heterocycles. The Hall–Kier alpha value is -1.44. The van der Waals surface area contributed by atoms with Crippen molar-refractivity contribution in [1.29, 1.82) is 0 Å². The zero-order valence-corrected chi connectivity index (χ0v) is 16.0. The molecule has 0 bridgehead atoms. The molecule has 2 unspecified atom stereocenters. The van der Waals surface area contributed by atoms with E-state index in [1.165, 1.54) is 0 Å². The Morgan fingerprint density at radius 1 is 0.963 bits per heavy atom. The second-order valence-electron chi connectivity index (χ2n) is 7.67. The molecule has 0 aliphatic heterocycles. The summed E-state index contributed by atoms with van der Waals surface area (Å²) in [5, 5.41) is 0. The molecular formula is C19H26F6O2. The highest BCUT2D eigenvalue weighted by molar-refractivity contribution is 5.30. The van der Waals surface area contributed by atoms with Gasteiger partial charge in [-0.1, -0.05) is 46.8 Å². The van der Waals surface area contributed by atoms with Crippen molar-refractivity contribution in [3.05, 3.63) is 29.8 Å². The molecule has 2 nitrogen and oxygen atoms in total. The first-order valence-corrected chi connectivity index (χ1v) is 8.68. The van der Waals surface area contributed by atoms with E-state index in [2.05, 4.69) is 0 Å². The van der Waals surface area contributed by atoms with Crippen molar-refractivity contribution < 1.29 is 35.8 Å². The van der Waals surface area contributed by atoms with Crippen LogP contribution in [0.2, 0.25) is 0 Å². The second kappa shape index (κ2) is 8.71. The quantitative estimate of drug-likeness (QED) is 0.374. The van der Waals surface area contributed by atoms with Gasteiger partial charge < -0.3 is 9.47 Å². The molecule has 2 atom stereocenters. The first-order chi connectivity index (χ1) is 12.2.